The van der Waals surface area contributed by atoms with Crippen molar-refractivity contribution in [2.45, 2.75) is 70.6 Å². The van der Waals surface area contributed by atoms with E-state index in [1.807, 2.05) is 54.6 Å². The molecule has 11 nitrogen and oxygen atoms in total. The van der Waals surface area contributed by atoms with Crippen LogP contribution in [0.2, 0.25) is 0 Å². The van der Waals surface area contributed by atoms with Gasteiger partial charge in [0.05, 0.1) is 39.7 Å². The number of aromatic nitrogens is 3. The summed E-state index contributed by atoms with van der Waals surface area (Å²) in [5.74, 6) is -0.853. The van der Waals surface area contributed by atoms with Crippen LogP contribution >= 0.6 is 0 Å². The topological polar surface area (TPSA) is 153 Å². The fourth-order valence-corrected chi connectivity index (χ4v) is 7.06. The van der Waals surface area contributed by atoms with Crippen molar-refractivity contribution in [1.29, 1.82) is 0 Å². The minimum absolute atomic E-state index is 0.0481. The van der Waals surface area contributed by atoms with Gasteiger partial charge in [0.1, 0.15) is 17.2 Å². The summed E-state index contributed by atoms with van der Waals surface area (Å²) in [7, 11) is 0. The van der Waals surface area contributed by atoms with Gasteiger partial charge in [0.25, 0.3) is 5.91 Å². The summed E-state index contributed by atoms with van der Waals surface area (Å²) in [4.78, 5) is 46.2. The number of rotatable bonds is 9. The molecule has 0 aliphatic heterocycles. The Balaban J connectivity index is 1.25. The number of amides is 2. The van der Waals surface area contributed by atoms with Gasteiger partial charge in [-0.1, -0.05) is 36.8 Å². The Morgan fingerprint density at radius 1 is 0.962 bits per heavy atom. The van der Waals surface area contributed by atoms with Gasteiger partial charge in [-0.05, 0) is 82.1 Å². The second kappa shape index (κ2) is 13.7. The molecule has 1 aliphatic carbocycles. The number of H-pyrrole nitrogens is 1. The first-order valence-corrected chi connectivity index (χ1v) is 17.5. The number of para-hydroxylation sites is 1. The first kappa shape index (κ1) is 34.5. The Morgan fingerprint density at radius 2 is 1.73 bits per heavy atom. The summed E-state index contributed by atoms with van der Waals surface area (Å²) in [5.41, 5.74) is 9.52. The SMILES string of the molecule is CC(C)(C)OC(=O)NCCC(=O)OC1(Nc2cc(-n3c4ccccc4c4c(-c5nc6ccc(F)cc6[nH]5)cccc43)ccc2C(N)=O)CCCCC1. The molecular formula is C40H41FN6O5. The lowest BCUT2D eigenvalue weighted by Gasteiger charge is -2.38. The quantitative estimate of drug-likeness (QED) is 0.0876. The van der Waals surface area contributed by atoms with Crippen LogP contribution in [0.1, 0.15) is 69.7 Å². The largest absolute Gasteiger partial charge is 0.444 e. The van der Waals surface area contributed by atoms with Crippen LogP contribution in [0.15, 0.2) is 78.9 Å². The normalized spacial score (nSPS) is 14.4. The highest BCUT2D eigenvalue weighted by molar-refractivity contribution is 6.15. The number of carbonyl (C=O) groups excluding carboxylic acids is 3. The zero-order chi connectivity index (χ0) is 36.6. The molecule has 4 aromatic carbocycles. The van der Waals surface area contributed by atoms with Crippen LogP contribution in [0.5, 0.6) is 0 Å². The van der Waals surface area contributed by atoms with E-state index in [0.717, 1.165) is 52.3 Å². The van der Waals surface area contributed by atoms with E-state index in [1.165, 1.54) is 12.1 Å². The highest BCUT2D eigenvalue weighted by Crippen LogP contribution is 2.40. The molecule has 0 spiro atoms. The molecule has 2 heterocycles. The highest BCUT2D eigenvalue weighted by Gasteiger charge is 2.37. The lowest BCUT2D eigenvalue weighted by Crippen LogP contribution is -2.45. The van der Waals surface area contributed by atoms with Gasteiger partial charge >= 0.3 is 12.1 Å². The van der Waals surface area contributed by atoms with Crippen molar-refractivity contribution in [2.24, 2.45) is 5.73 Å². The maximum Gasteiger partial charge on any atom is 0.407 e. The number of aromatic amines is 1. The number of nitrogens with one attached hydrogen (secondary N) is 3. The standard InChI is InChI=1S/C40H41FN6O5/c1-39(2,3)52-38(50)43-21-18-34(48)51-40(19-7-4-8-20-40)46-30-23-25(15-16-26(30)36(42)49)47-32-12-6-5-10-27(32)35-28(11-9-13-33(35)47)37-44-29-17-14-24(41)22-31(29)45-37/h5-6,9-17,22-23,46H,4,7-8,18-21H2,1-3H3,(H2,42,49)(H,43,50)(H,44,45). The Kier molecular flexibility index (Phi) is 9.08. The van der Waals surface area contributed by atoms with Crippen LogP contribution in [0.25, 0.3) is 49.9 Å². The minimum atomic E-state index is -1.08. The lowest BCUT2D eigenvalue weighted by molar-refractivity contribution is -0.159. The predicted molar refractivity (Wildman–Crippen MR) is 199 cm³/mol. The van der Waals surface area contributed by atoms with Crippen LogP contribution in [0.3, 0.4) is 0 Å². The van der Waals surface area contributed by atoms with Crippen LogP contribution in [-0.2, 0) is 14.3 Å². The lowest BCUT2D eigenvalue weighted by atomic mass is 9.90. The summed E-state index contributed by atoms with van der Waals surface area (Å²) in [6, 6.07) is 23.8. The molecule has 0 saturated heterocycles. The van der Waals surface area contributed by atoms with Gasteiger partial charge in [-0.25, -0.2) is 14.2 Å². The number of hydrogen-bond donors (Lipinski definition) is 4. The van der Waals surface area contributed by atoms with Crippen molar-refractivity contribution >= 4 is 56.5 Å². The zero-order valence-corrected chi connectivity index (χ0v) is 29.3. The molecule has 2 aromatic heterocycles. The number of ether oxygens (including phenoxy) is 2. The molecule has 6 aromatic rings. The van der Waals surface area contributed by atoms with Crippen molar-refractivity contribution in [3.63, 3.8) is 0 Å². The second-order valence-corrected chi connectivity index (χ2v) is 14.2. The summed E-state index contributed by atoms with van der Waals surface area (Å²) in [6.45, 7) is 5.34. The van der Waals surface area contributed by atoms with E-state index in [9.17, 15) is 18.8 Å². The molecule has 0 radical (unpaired) electrons. The zero-order valence-electron chi connectivity index (χ0n) is 29.3. The number of halogens is 1. The Labute approximate surface area is 299 Å². The van der Waals surface area contributed by atoms with E-state index in [1.54, 1.807) is 32.9 Å². The van der Waals surface area contributed by atoms with Gasteiger partial charge in [0, 0.05) is 41.4 Å². The fourth-order valence-electron chi connectivity index (χ4n) is 7.06. The number of esters is 1. The number of benzene rings is 4. The second-order valence-electron chi connectivity index (χ2n) is 14.2. The fraction of sp³-hybridized carbons (Fsp3) is 0.300. The number of carbonyl (C=O) groups is 3. The number of primary amides is 1. The van der Waals surface area contributed by atoms with Crippen LogP contribution in [-0.4, -0.2) is 50.4 Å². The first-order valence-electron chi connectivity index (χ1n) is 17.5. The van der Waals surface area contributed by atoms with Crippen LogP contribution in [0, 0.1) is 5.82 Å². The number of hydrogen-bond acceptors (Lipinski definition) is 7. The number of nitrogens with zero attached hydrogens (tertiary/aromatic N) is 2. The molecule has 5 N–H and O–H groups in total. The number of alkyl carbamates (subject to hydrolysis) is 1. The minimum Gasteiger partial charge on any atom is -0.444 e. The smallest absolute Gasteiger partial charge is 0.407 e. The maximum atomic E-state index is 14.0. The molecule has 0 bridgehead atoms. The third-order valence-corrected chi connectivity index (χ3v) is 9.25. The van der Waals surface area contributed by atoms with Crippen molar-refractivity contribution in [1.82, 2.24) is 19.9 Å². The summed E-state index contributed by atoms with van der Waals surface area (Å²) in [6.07, 6.45) is 2.99. The summed E-state index contributed by atoms with van der Waals surface area (Å²) < 4.78 is 27.5. The van der Waals surface area contributed by atoms with E-state index in [4.69, 9.17) is 20.2 Å². The molecule has 1 saturated carbocycles. The average molecular weight is 705 g/mol. The third kappa shape index (κ3) is 7.01. The van der Waals surface area contributed by atoms with Crippen molar-refractivity contribution in [2.75, 3.05) is 11.9 Å². The van der Waals surface area contributed by atoms with E-state index in [-0.39, 0.29) is 24.3 Å². The molecule has 12 heteroatoms. The van der Waals surface area contributed by atoms with Gasteiger partial charge < -0.3 is 35.4 Å². The van der Waals surface area contributed by atoms with E-state index in [2.05, 4.69) is 20.2 Å². The van der Waals surface area contributed by atoms with E-state index >= 15 is 0 Å². The highest BCUT2D eigenvalue weighted by atomic mass is 19.1. The molecule has 1 fully saturated rings. The number of fused-ring (bicyclic) bond motifs is 4. The van der Waals surface area contributed by atoms with Gasteiger partial charge in [0.2, 0.25) is 0 Å². The van der Waals surface area contributed by atoms with Crippen molar-refractivity contribution in [3.8, 4) is 17.1 Å². The van der Waals surface area contributed by atoms with Crippen LogP contribution < -0.4 is 16.4 Å². The molecule has 0 atom stereocenters. The van der Waals surface area contributed by atoms with Crippen LogP contribution in [0.4, 0.5) is 14.9 Å². The monoisotopic (exact) mass is 704 g/mol. The molecule has 2 amide bonds. The molecular weight excluding hydrogens is 663 g/mol. The van der Waals surface area contributed by atoms with Gasteiger partial charge in [-0.3, -0.25) is 9.59 Å². The Morgan fingerprint density at radius 3 is 2.50 bits per heavy atom. The Bertz CT molecular complexity index is 2330. The number of nitrogens with two attached hydrogens (primary N) is 1. The van der Waals surface area contributed by atoms with Gasteiger partial charge in [0.15, 0.2) is 5.72 Å². The van der Waals surface area contributed by atoms with E-state index < -0.39 is 29.3 Å². The predicted octanol–water partition coefficient (Wildman–Crippen LogP) is 8.10. The summed E-state index contributed by atoms with van der Waals surface area (Å²) >= 11 is 0. The molecule has 1 aliphatic rings. The number of anilines is 1. The summed E-state index contributed by atoms with van der Waals surface area (Å²) in [5, 5.41) is 7.97. The van der Waals surface area contributed by atoms with Gasteiger partial charge in [-0.15, -0.1) is 0 Å². The third-order valence-electron chi connectivity index (χ3n) is 9.25. The van der Waals surface area contributed by atoms with Gasteiger partial charge in [-0.2, -0.15) is 0 Å². The first-order chi connectivity index (χ1) is 24.9. The molecule has 52 heavy (non-hydrogen) atoms. The van der Waals surface area contributed by atoms with Crippen molar-refractivity contribution < 1.29 is 28.2 Å². The maximum absolute atomic E-state index is 14.0. The average Bonchev–Trinajstić information content (AvgIpc) is 3.66. The van der Waals surface area contributed by atoms with E-state index in [0.29, 0.717) is 35.4 Å². The van der Waals surface area contributed by atoms with Crippen molar-refractivity contribution in [3.05, 3.63) is 90.2 Å². The molecule has 7 rings (SSSR count). The number of imidazole rings is 1. The molecule has 268 valence electrons. The molecule has 0 unspecified atom stereocenters. The Hall–Kier alpha value is -5.91.